The van der Waals surface area contributed by atoms with Gasteiger partial charge in [-0.1, -0.05) is 31.5 Å². The molecule has 2 aliphatic rings. The monoisotopic (exact) mass is 755 g/mol. The molecule has 4 rings (SSSR count). The van der Waals surface area contributed by atoms with E-state index in [0.717, 1.165) is 0 Å². The number of hydrogen-bond donors (Lipinski definition) is 3. The van der Waals surface area contributed by atoms with Crippen molar-refractivity contribution < 1.29 is 48.4 Å². The Morgan fingerprint density at radius 1 is 1.00 bits per heavy atom. The Bertz CT molecular complexity index is 1730. The van der Waals surface area contributed by atoms with Gasteiger partial charge in [-0.05, 0) is 102 Å². The highest BCUT2D eigenvalue weighted by Crippen LogP contribution is 2.46. The second-order valence-electron chi connectivity index (χ2n) is 16.0. The van der Waals surface area contributed by atoms with Crippen molar-refractivity contribution in [2.75, 3.05) is 25.1 Å². The molecule has 14 heteroatoms. The molecule has 1 fully saturated rings. The number of fused-ring (bicyclic) bond motifs is 1. The van der Waals surface area contributed by atoms with E-state index in [4.69, 9.17) is 25.8 Å². The second-order valence-corrected chi connectivity index (χ2v) is 16.5. The van der Waals surface area contributed by atoms with Crippen molar-refractivity contribution in [1.82, 2.24) is 10.2 Å². The fourth-order valence-electron chi connectivity index (χ4n) is 6.04. The SMILES string of the molecule is CN(C(=O)C1CCCN1C(=O)C(NC(=O)/C=C/c1ccc2c(c1)C(O)C(C(=O)OC(C)(C)C)(C(=O)OC(C)(C)C)O2)C(C)(C)CO)c1ccc(Cl)cc1. The van der Waals surface area contributed by atoms with E-state index in [0.29, 0.717) is 35.7 Å². The Hall–Kier alpha value is -4.46. The van der Waals surface area contributed by atoms with E-state index in [-0.39, 0.29) is 17.2 Å². The maximum atomic E-state index is 14.1. The molecule has 2 heterocycles. The predicted octanol–water partition coefficient (Wildman–Crippen LogP) is 4.36. The van der Waals surface area contributed by atoms with Gasteiger partial charge in [0.15, 0.2) is 0 Å². The number of rotatable bonds is 10. The first-order chi connectivity index (χ1) is 24.5. The molecule has 288 valence electrons. The standard InChI is InChI=1S/C39H50ClN3O10/c1-36(2,3)52-34(49)39(35(50)53-37(4,5)6)31(46)26-21-23(12-18-28(26)51-39)13-19-29(45)41-30(38(7,8)22-44)33(48)43-20-10-11-27(43)32(47)42(9)25-16-14-24(40)15-17-25/h12-19,21,27,30-31,44,46H,10-11,20,22H2,1-9H3,(H,41,45)/b19-13+. The number of amides is 3. The fraction of sp³-hybridized carbons (Fsp3) is 0.513. The van der Waals surface area contributed by atoms with Gasteiger partial charge in [0.1, 0.15) is 35.1 Å². The van der Waals surface area contributed by atoms with E-state index in [1.165, 1.54) is 34.1 Å². The lowest BCUT2D eigenvalue weighted by Gasteiger charge is -2.37. The third-order valence-corrected chi connectivity index (χ3v) is 9.16. The van der Waals surface area contributed by atoms with E-state index in [2.05, 4.69) is 5.32 Å². The quantitative estimate of drug-likeness (QED) is 0.180. The van der Waals surface area contributed by atoms with E-state index in [1.54, 1.807) is 92.8 Å². The molecule has 13 nitrogen and oxygen atoms in total. The van der Waals surface area contributed by atoms with Crippen LogP contribution in [0, 0.1) is 5.41 Å². The van der Waals surface area contributed by atoms with Crippen LogP contribution in [0.3, 0.4) is 0 Å². The zero-order valence-electron chi connectivity index (χ0n) is 31.7. The Kier molecular flexibility index (Phi) is 12.1. The third kappa shape index (κ3) is 9.20. The molecular formula is C39H50ClN3O10. The minimum atomic E-state index is -2.54. The number of carbonyl (C=O) groups is 5. The fourth-order valence-corrected chi connectivity index (χ4v) is 6.16. The van der Waals surface area contributed by atoms with Gasteiger partial charge >= 0.3 is 17.5 Å². The number of esters is 2. The number of aliphatic hydroxyl groups excluding tert-OH is 2. The van der Waals surface area contributed by atoms with E-state index < -0.39 is 70.8 Å². The summed E-state index contributed by atoms with van der Waals surface area (Å²) in [6.45, 7) is 12.8. The van der Waals surface area contributed by atoms with Gasteiger partial charge in [0.2, 0.25) is 17.7 Å². The molecule has 3 atom stereocenters. The molecule has 0 spiro atoms. The lowest BCUT2D eigenvalue weighted by molar-refractivity contribution is -0.200. The van der Waals surface area contributed by atoms with E-state index >= 15 is 0 Å². The van der Waals surface area contributed by atoms with Crippen LogP contribution in [0.5, 0.6) is 5.75 Å². The van der Waals surface area contributed by atoms with Crippen LogP contribution < -0.4 is 15.0 Å². The number of ether oxygens (including phenoxy) is 3. The van der Waals surface area contributed by atoms with Gasteiger partial charge in [0.05, 0.1) is 6.61 Å². The van der Waals surface area contributed by atoms with Gasteiger partial charge in [-0.15, -0.1) is 0 Å². The first-order valence-corrected chi connectivity index (χ1v) is 17.8. The van der Waals surface area contributed by atoms with Crippen LogP contribution in [0.1, 0.15) is 85.5 Å². The van der Waals surface area contributed by atoms with Gasteiger partial charge in [0, 0.05) is 41.4 Å². The summed E-state index contributed by atoms with van der Waals surface area (Å²) in [5.74, 6) is -3.68. The van der Waals surface area contributed by atoms with Crippen LogP contribution in [0.4, 0.5) is 5.69 Å². The van der Waals surface area contributed by atoms with Crippen molar-refractivity contribution in [2.24, 2.45) is 5.41 Å². The summed E-state index contributed by atoms with van der Waals surface area (Å²) in [4.78, 5) is 70.8. The molecule has 53 heavy (non-hydrogen) atoms. The number of aliphatic hydroxyl groups is 2. The van der Waals surface area contributed by atoms with Crippen molar-refractivity contribution in [1.29, 1.82) is 0 Å². The number of carbonyl (C=O) groups excluding carboxylic acids is 5. The molecular weight excluding hydrogens is 706 g/mol. The Labute approximate surface area is 315 Å². The van der Waals surface area contributed by atoms with Crippen LogP contribution in [0.15, 0.2) is 48.5 Å². The molecule has 0 aliphatic carbocycles. The first-order valence-electron chi connectivity index (χ1n) is 17.4. The molecule has 3 amide bonds. The number of benzene rings is 2. The van der Waals surface area contributed by atoms with Crippen molar-refractivity contribution >= 4 is 53.0 Å². The molecule has 2 aromatic carbocycles. The average molecular weight is 756 g/mol. The van der Waals surface area contributed by atoms with Gasteiger partial charge in [-0.2, -0.15) is 0 Å². The smallest absolute Gasteiger partial charge is 0.366 e. The lowest BCUT2D eigenvalue weighted by atomic mass is 9.84. The van der Waals surface area contributed by atoms with Crippen LogP contribution in [0.2, 0.25) is 5.02 Å². The highest BCUT2D eigenvalue weighted by Gasteiger charge is 2.64. The van der Waals surface area contributed by atoms with Crippen LogP contribution >= 0.6 is 11.6 Å². The van der Waals surface area contributed by atoms with Crippen LogP contribution in [-0.4, -0.2) is 93.9 Å². The van der Waals surface area contributed by atoms with Crippen molar-refractivity contribution in [3.63, 3.8) is 0 Å². The molecule has 3 N–H and O–H groups in total. The van der Waals surface area contributed by atoms with Crippen molar-refractivity contribution in [3.05, 3.63) is 64.7 Å². The van der Waals surface area contributed by atoms with Gasteiger partial charge in [-0.3, -0.25) is 14.4 Å². The van der Waals surface area contributed by atoms with Gasteiger partial charge in [0.25, 0.3) is 0 Å². The molecule has 3 unspecified atom stereocenters. The average Bonchev–Trinajstić information content (AvgIpc) is 3.67. The lowest BCUT2D eigenvalue weighted by Crippen LogP contribution is -2.59. The molecule has 0 bridgehead atoms. The summed E-state index contributed by atoms with van der Waals surface area (Å²) in [5.41, 5.74) is -4.60. The number of nitrogens with zero attached hydrogens (tertiary/aromatic N) is 2. The largest absolute Gasteiger partial charge is 0.461 e. The molecule has 0 radical (unpaired) electrons. The summed E-state index contributed by atoms with van der Waals surface area (Å²) in [6, 6.07) is 9.23. The predicted molar refractivity (Wildman–Crippen MR) is 198 cm³/mol. The molecule has 0 aromatic heterocycles. The minimum absolute atomic E-state index is 0.0441. The van der Waals surface area contributed by atoms with Gasteiger partial charge < -0.3 is 39.5 Å². The normalized spacial score (nSPS) is 18.9. The van der Waals surface area contributed by atoms with Crippen molar-refractivity contribution in [3.8, 4) is 5.75 Å². The molecule has 2 aliphatic heterocycles. The summed E-state index contributed by atoms with van der Waals surface area (Å²) >= 11 is 6.01. The minimum Gasteiger partial charge on any atom is -0.461 e. The summed E-state index contributed by atoms with van der Waals surface area (Å²) in [5, 5.41) is 25.0. The number of nitrogens with one attached hydrogen (secondary N) is 1. The highest BCUT2D eigenvalue weighted by atomic mass is 35.5. The Balaban J connectivity index is 1.55. The van der Waals surface area contributed by atoms with Crippen LogP contribution in [-0.2, 0) is 33.4 Å². The van der Waals surface area contributed by atoms with Crippen LogP contribution in [0.25, 0.3) is 6.08 Å². The highest BCUT2D eigenvalue weighted by molar-refractivity contribution is 6.30. The maximum Gasteiger partial charge on any atom is 0.366 e. The summed E-state index contributed by atoms with van der Waals surface area (Å²) < 4.78 is 16.8. The number of likely N-dealkylation sites (tertiary alicyclic amines) is 1. The Morgan fingerprint density at radius 2 is 1.58 bits per heavy atom. The third-order valence-electron chi connectivity index (χ3n) is 8.90. The van der Waals surface area contributed by atoms with Gasteiger partial charge in [-0.25, -0.2) is 9.59 Å². The van der Waals surface area contributed by atoms with Crippen molar-refractivity contribution in [2.45, 2.75) is 103 Å². The van der Waals surface area contributed by atoms with E-state index in [9.17, 15) is 34.2 Å². The Morgan fingerprint density at radius 3 is 2.13 bits per heavy atom. The maximum absolute atomic E-state index is 14.1. The summed E-state index contributed by atoms with van der Waals surface area (Å²) in [7, 11) is 1.62. The number of hydrogen-bond acceptors (Lipinski definition) is 10. The second kappa shape index (κ2) is 15.5. The molecule has 2 aromatic rings. The zero-order chi connectivity index (χ0) is 39.7. The summed E-state index contributed by atoms with van der Waals surface area (Å²) in [6.07, 6.45) is 1.78. The first kappa shape index (κ1) is 41.3. The topological polar surface area (TPSA) is 172 Å². The number of anilines is 1. The molecule has 1 saturated heterocycles. The number of likely N-dealkylation sites (N-methyl/N-ethyl adjacent to an activating group) is 1. The van der Waals surface area contributed by atoms with E-state index in [1.807, 2.05) is 0 Å². The number of halogens is 1. The zero-order valence-corrected chi connectivity index (χ0v) is 32.4. The molecule has 0 saturated carbocycles.